The summed E-state index contributed by atoms with van der Waals surface area (Å²) < 4.78 is 31.5. The van der Waals surface area contributed by atoms with Gasteiger partial charge in [0.05, 0.1) is 23.4 Å². The van der Waals surface area contributed by atoms with Gasteiger partial charge in [-0.1, -0.05) is 18.2 Å². The average Bonchev–Trinajstić information content (AvgIpc) is 2.44. The Morgan fingerprint density at radius 1 is 1.15 bits per heavy atom. The molecule has 0 heterocycles. The molecule has 0 bridgehead atoms. The number of phenolic OH excluding ortho intramolecular Hbond substituents is 1. The summed E-state index contributed by atoms with van der Waals surface area (Å²) in [5, 5.41) is 9.95. The third-order valence-corrected chi connectivity index (χ3v) is 4.05. The van der Waals surface area contributed by atoms with Gasteiger partial charge in [-0.3, -0.25) is 4.72 Å². The summed E-state index contributed by atoms with van der Waals surface area (Å²) in [7, 11) is -2.45. The molecular weight excluding hydrogens is 280 g/mol. The van der Waals surface area contributed by atoms with Crippen LogP contribution >= 0.6 is 0 Å². The van der Waals surface area contributed by atoms with Crippen LogP contribution in [0.5, 0.6) is 11.5 Å². The number of ether oxygens (including phenoxy) is 1. The van der Waals surface area contributed by atoms with E-state index in [2.05, 4.69) is 4.72 Å². The van der Waals surface area contributed by atoms with Crippen molar-refractivity contribution in [2.24, 2.45) is 0 Å². The molecule has 0 aliphatic carbocycles. The molecule has 0 saturated carbocycles. The van der Waals surface area contributed by atoms with E-state index in [1.54, 1.807) is 18.2 Å². The number of rotatable bonds is 4. The summed E-state index contributed by atoms with van der Waals surface area (Å²) in [4.78, 5) is 0.0928. The highest BCUT2D eigenvalue weighted by atomic mass is 32.2. The Kier molecular flexibility index (Phi) is 3.71. The molecule has 0 aliphatic rings. The first-order valence-corrected chi connectivity index (χ1v) is 7.17. The van der Waals surface area contributed by atoms with Crippen molar-refractivity contribution in [2.75, 3.05) is 17.6 Å². The Morgan fingerprint density at radius 2 is 1.80 bits per heavy atom. The third kappa shape index (κ3) is 2.62. The molecule has 0 radical (unpaired) electrons. The number of hydrogen-bond acceptors (Lipinski definition) is 5. The first-order valence-electron chi connectivity index (χ1n) is 5.69. The number of nitrogens with two attached hydrogens (primary N) is 1. The van der Waals surface area contributed by atoms with E-state index in [9.17, 15) is 13.5 Å². The first-order chi connectivity index (χ1) is 9.45. The van der Waals surface area contributed by atoms with Crippen molar-refractivity contribution >= 4 is 21.4 Å². The lowest BCUT2D eigenvalue weighted by Gasteiger charge is -2.13. The second-order valence-corrected chi connectivity index (χ2v) is 5.69. The molecule has 106 valence electrons. The van der Waals surface area contributed by atoms with E-state index in [1.165, 1.54) is 31.4 Å². The van der Waals surface area contributed by atoms with Crippen LogP contribution in [-0.4, -0.2) is 20.6 Å². The van der Waals surface area contributed by atoms with E-state index in [-0.39, 0.29) is 27.8 Å². The summed E-state index contributed by atoms with van der Waals surface area (Å²) in [5.74, 6) is -0.328. The standard InChI is InChI=1S/C13H14N2O4S/c1-19-13-10(14)7-8-11(12(13)16)15-20(17,18)9-5-3-2-4-6-9/h2-8,15-16H,14H2,1H3. The quantitative estimate of drug-likeness (QED) is 0.589. The van der Waals surface area contributed by atoms with Crippen molar-refractivity contribution in [3.63, 3.8) is 0 Å². The summed E-state index contributed by atoms with van der Waals surface area (Å²) >= 11 is 0. The highest BCUT2D eigenvalue weighted by Gasteiger charge is 2.18. The molecule has 0 saturated heterocycles. The lowest BCUT2D eigenvalue weighted by Crippen LogP contribution is -2.13. The minimum Gasteiger partial charge on any atom is -0.503 e. The van der Waals surface area contributed by atoms with Crippen molar-refractivity contribution < 1.29 is 18.3 Å². The largest absolute Gasteiger partial charge is 0.503 e. The lowest BCUT2D eigenvalue weighted by atomic mass is 10.2. The van der Waals surface area contributed by atoms with E-state index in [1.807, 2.05) is 0 Å². The molecule has 6 nitrogen and oxygen atoms in total. The van der Waals surface area contributed by atoms with Crippen LogP contribution in [0.2, 0.25) is 0 Å². The molecule has 20 heavy (non-hydrogen) atoms. The maximum Gasteiger partial charge on any atom is 0.262 e. The van der Waals surface area contributed by atoms with E-state index < -0.39 is 10.0 Å². The molecular formula is C13H14N2O4S. The molecule has 0 spiro atoms. The minimum absolute atomic E-state index is 0.0000898. The highest BCUT2D eigenvalue weighted by molar-refractivity contribution is 7.92. The second-order valence-electron chi connectivity index (χ2n) is 4.00. The predicted octanol–water partition coefficient (Wildman–Crippen LogP) is 1.78. The van der Waals surface area contributed by atoms with E-state index in [4.69, 9.17) is 10.5 Å². The van der Waals surface area contributed by atoms with Gasteiger partial charge < -0.3 is 15.6 Å². The fourth-order valence-corrected chi connectivity index (χ4v) is 2.77. The smallest absolute Gasteiger partial charge is 0.262 e. The van der Waals surface area contributed by atoms with Crippen molar-refractivity contribution in [2.45, 2.75) is 4.90 Å². The maximum atomic E-state index is 12.1. The van der Waals surface area contributed by atoms with Gasteiger partial charge in [-0.2, -0.15) is 0 Å². The lowest BCUT2D eigenvalue weighted by molar-refractivity contribution is 0.377. The number of methoxy groups -OCH3 is 1. The molecule has 0 unspecified atom stereocenters. The zero-order chi connectivity index (χ0) is 14.8. The van der Waals surface area contributed by atoms with Gasteiger partial charge in [0.15, 0.2) is 11.5 Å². The molecule has 0 aromatic heterocycles. The van der Waals surface area contributed by atoms with Gasteiger partial charge in [-0.25, -0.2) is 8.42 Å². The maximum absolute atomic E-state index is 12.1. The summed E-state index contributed by atoms with van der Waals surface area (Å²) in [5.41, 5.74) is 5.83. The normalized spacial score (nSPS) is 11.1. The van der Waals surface area contributed by atoms with Crippen LogP contribution in [0.25, 0.3) is 0 Å². The van der Waals surface area contributed by atoms with E-state index in [0.29, 0.717) is 0 Å². The molecule has 0 aliphatic heterocycles. The van der Waals surface area contributed by atoms with Crippen LogP contribution in [0, 0.1) is 0 Å². The van der Waals surface area contributed by atoms with Gasteiger partial charge in [0.2, 0.25) is 0 Å². The van der Waals surface area contributed by atoms with Crippen LogP contribution in [0.4, 0.5) is 11.4 Å². The Labute approximate surface area is 116 Å². The molecule has 2 aromatic rings. The van der Waals surface area contributed by atoms with Gasteiger partial charge >= 0.3 is 0 Å². The summed E-state index contributed by atoms with van der Waals surface area (Å²) in [6, 6.07) is 10.6. The fourth-order valence-electron chi connectivity index (χ4n) is 1.69. The molecule has 4 N–H and O–H groups in total. The minimum atomic E-state index is -3.78. The van der Waals surface area contributed by atoms with Gasteiger partial charge in [-0.05, 0) is 24.3 Å². The van der Waals surface area contributed by atoms with Gasteiger partial charge in [0.25, 0.3) is 10.0 Å². The third-order valence-electron chi connectivity index (χ3n) is 2.66. The topological polar surface area (TPSA) is 102 Å². The molecule has 2 rings (SSSR count). The van der Waals surface area contributed by atoms with Crippen molar-refractivity contribution in [3.05, 3.63) is 42.5 Å². The number of nitrogens with one attached hydrogen (secondary N) is 1. The number of nitrogen functional groups attached to an aromatic ring is 1. The highest BCUT2D eigenvalue weighted by Crippen LogP contribution is 2.39. The van der Waals surface area contributed by atoms with Crippen LogP contribution < -0.4 is 15.2 Å². The molecule has 0 amide bonds. The Morgan fingerprint density at radius 3 is 2.40 bits per heavy atom. The van der Waals surface area contributed by atoms with E-state index in [0.717, 1.165) is 0 Å². The van der Waals surface area contributed by atoms with Crippen molar-refractivity contribution in [1.82, 2.24) is 0 Å². The fraction of sp³-hybridized carbons (Fsp3) is 0.0769. The van der Waals surface area contributed by atoms with Crippen molar-refractivity contribution in [1.29, 1.82) is 0 Å². The Hall–Kier alpha value is -2.41. The zero-order valence-electron chi connectivity index (χ0n) is 10.7. The molecule has 7 heteroatoms. The van der Waals surface area contributed by atoms with Gasteiger partial charge in [-0.15, -0.1) is 0 Å². The number of anilines is 2. The van der Waals surface area contributed by atoms with Crippen LogP contribution in [0.15, 0.2) is 47.4 Å². The van der Waals surface area contributed by atoms with Crippen molar-refractivity contribution in [3.8, 4) is 11.5 Å². The Balaban J connectivity index is 2.41. The van der Waals surface area contributed by atoms with Crippen LogP contribution in [0.3, 0.4) is 0 Å². The molecule has 0 atom stereocenters. The molecule has 0 fully saturated rings. The number of sulfonamides is 1. The summed E-state index contributed by atoms with van der Waals surface area (Å²) in [6.45, 7) is 0. The average molecular weight is 294 g/mol. The second kappa shape index (κ2) is 5.30. The van der Waals surface area contributed by atoms with Gasteiger partial charge in [0.1, 0.15) is 0 Å². The SMILES string of the molecule is COc1c(N)ccc(NS(=O)(=O)c2ccccc2)c1O. The first kappa shape index (κ1) is 14.0. The van der Waals surface area contributed by atoms with E-state index >= 15 is 0 Å². The molecule has 2 aromatic carbocycles. The van der Waals surface area contributed by atoms with Crippen LogP contribution in [0.1, 0.15) is 0 Å². The van der Waals surface area contributed by atoms with Crippen LogP contribution in [-0.2, 0) is 10.0 Å². The number of hydrogen-bond donors (Lipinski definition) is 3. The number of phenols is 1. The Bertz CT molecular complexity index is 715. The zero-order valence-corrected chi connectivity index (χ0v) is 11.5. The summed E-state index contributed by atoms with van der Waals surface area (Å²) in [6.07, 6.45) is 0. The predicted molar refractivity (Wildman–Crippen MR) is 76.3 cm³/mol. The van der Waals surface area contributed by atoms with Gasteiger partial charge in [0, 0.05) is 0 Å². The monoisotopic (exact) mass is 294 g/mol. The number of aromatic hydroxyl groups is 1. The number of benzene rings is 2.